The van der Waals surface area contributed by atoms with Gasteiger partial charge in [-0.2, -0.15) is 12.6 Å². The molecule has 0 fully saturated rings. The van der Waals surface area contributed by atoms with Crippen LogP contribution in [-0.4, -0.2) is 25.3 Å². The van der Waals surface area contributed by atoms with Crippen molar-refractivity contribution >= 4 is 23.0 Å². The largest absolute Gasteiger partial charge is 1.00 e. The van der Waals surface area contributed by atoms with Crippen LogP contribution in [0.15, 0.2) is 0 Å². The quantitative estimate of drug-likeness (QED) is 0.180. The molecule has 0 N–H and O–H groups in total. The molecule has 0 aromatic heterocycles. The van der Waals surface area contributed by atoms with Crippen LogP contribution in [0.3, 0.4) is 0 Å². The van der Waals surface area contributed by atoms with Crippen molar-refractivity contribution in [1.82, 2.24) is 0 Å². The fourth-order valence-corrected chi connectivity index (χ4v) is 2.16. The molecule has 0 aromatic carbocycles. The minimum absolute atomic E-state index is 0. The average Bonchev–Trinajstić information content (AvgIpc) is 2.24. The van der Waals surface area contributed by atoms with Gasteiger partial charge >= 0.3 is 29.6 Å². The number of hydrogen-bond donors (Lipinski definition) is 1. The average molecular weight is 306 g/mol. The molecule has 0 unspecified atom stereocenters. The van der Waals surface area contributed by atoms with E-state index in [0.717, 1.165) is 18.6 Å². The van der Waals surface area contributed by atoms with Crippen molar-refractivity contribution in [2.24, 2.45) is 0 Å². The molecule has 18 heavy (non-hydrogen) atoms. The fourth-order valence-electron chi connectivity index (χ4n) is 1.61. The summed E-state index contributed by atoms with van der Waals surface area (Å²) in [7, 11) is -4.49. The predicted octanol–water partition coefficient (Wildman–Crippen LogP) is -0.0921. The van der Waals surface area contributed by atoms with Crippen LogP contribution < -0.4 is 29.6 Å². The zero-order valence-corrected chi connectivity index (χ0v) is 15.0. The van der Waals surface area contributed by atoms with E-state index in [1.54, 1.807) is 0 Å². The summed E-state index contributed by atoms with van der Waals surface area (Å²) >= 11 is 4.15. The predicted molar refractivity (Wildman–Crippen MR) is 71.1 cm³/mol. The maximum absolute atomic E-state index is 10.1. The van der Waals surface area contributed by atoms with Crippen molar-refractivity contribution in [3.63, 3.8) is 0 Å². The Morgan fingerprint density at radius 3 is 1.61 bits per heavy atom. The zero-order chi connectivity index (χ0) is 13.0. The van der Waals surface area contributed by atoms with Gasteiger partial charge in [0.05, 0.1) is 6.61 Å². The van der Waals surface area contributed by atoms with Gasteiger partial charge in [0.1, 0.15) is 0 Å². The second-order valence-corrected chi connectivity index (χ2v) is 5.64. The first kappa shape index (κ1) is 21.5. The monoisotopic (exact) mass is 306 g/mol. The molecular weight excluding hydrogens is 283 g/mol. The maximum atomic E-state index is 10.1. The number of unbranched alkanes of at least 4 members (excludes halogenated alkanes) is 8. The third-order valence-corrected chi connectivity index (χ3v) is 3.30. The molecular formula is C11H23NaO4S2. The summed E-state index contributed by atoms with van der Waals surface area (Å²) < 4.78 is 34.4. The SMILES string of the molecule is O=S(=O)([O-])OCCCCCCCCCCCS.[Na+]. The second-order valence-electron chi connectivity index (χ2n) is 4.14. The molecule has 0 amide bonds. The molecule has 7 heteroatoms. The van der Waals surface area contributed by atoms with Crippen molar-refractivity contribution in [1.29, 1.82) is 0 Å². The van der Waals surface area contributed by atoms with Gasteiger partial charge in [0.25, 0.3) is 0 Å². The molecule has 0 aromatic rings. The summed E-state index contributed by atoms with van der Waals surface area (Å²) in [4.78, 5) is 0. The third kappa shape index (κ3) is 19.6. The molecule has 0 atom stereocenters. The first-order valence-corrected chi connectivity index (χ1v) is 8.24. The van der Waals surface area contributed by atoms with E-state index in [0.29, 0.717) is 6.42 Å². The number of thiol groups is 1. The molecule has 0 radical (unpaired) electrons. The molecule has 0 rings (SSSR count). The molecule has 0 bridgehead atoms. The fraction of sp³-hybridized carbons (Fsp3) is 1.00. The molecule has 0 heterocycles. The van der Waals surface area contributed by atoms with Crippen LogP contribution in [0.4, 0.5) is 0 Å². The summed E-state index contributed by atoms with van der Waals surface area (Å²) in [6, 6.07) is 0. The molecule has 0 saturated carbocycles. The van der Waals surface area contributed by atoms with Crippen molar-refractivity contribution in [3.8, 4) is 0 Å². The summed E-state index contributed by atoms with van der Waals surface area (Å²) in [5.74, 6) is 0.975. The Morgan fingerprint density at radius 2 is 1.22 bits per heavy atom. The molecule has 4 nitrogen and oxygen atoms in total. The topological polar surface area (TPSA) is 66.4 Å². The summed E-state index contributed by atoms with van der Waals surface area (Å²) in [5, 5.41) is 0. The zero-order valence-electron chi connectivity index (χ0n) is 11.3. The van der Waals surface area contributed by atoms with Gasteiger partial charge in [0.2, 0.25) is 10.4 Å². The van der Waals surface area contributed by atoms with Gasteiger partial charge in [0.15, 0.2) is 0 Å². The van der Waals surface area contributed by atoms with Gasteiger partial charge < -0.3 is 4.55 Å². The van der Waals surface area contributed by atoms with Gasteiger partial charge in [0, 0.05) is 0 Å². The molecule has 0 aliphatic rings. The Kier molecular flexibility index (Phi) is 17.5. The Hall–Kier alpha value is 1.22. The molecule has 104 valence electrons. The van der Waals surface area contributed by atoms with Crippen LogP contribution in [0.2, 0.25) is 0 Å². The molecule has 0 aliphatic heterocycles. The molecule has 0 spiro atoms. The second kappa shape index (κ2) is 14.6. The van der Waals surface area contributed by atoms with Crippen molar-refractivity contribution in [2.75, 3.05) is 12.4 Å². The van der Waals surface area contributed by atoms with E-state index in [1.165, 1.54) is 38.5 Å². The van der Waals surface area contributed by atoms with Gasteiger partial charge in [-0.3, -0.25) is 4.18 Å². The van der Waals surface area contributed by atoms with Gasteiger partial charge in [-0.1, -0.05) is 44.9 Å². The van der Waals surface area contributed by atoms with E-state index >= 15 is 0 Å². The Morgan fingerprint density at radius 1 is 0.833 bits per heavy atom. The summed E-state index contributed by atoms with van der Waals surface area (Å²) in [6.45, 7) is 0.0216. The van der Waals surface area contributed by atoms with Crippen LogP contribution in [0, 0.1) is 0 Å². The van der Waals surface area contributed by atoms with E-state index in [2.05, 4.69) is 16.8 Å². The number of hydrogen-bond acceptors (Lipinski definition) is 5. The van der Waals surface area contributed by atoms with Crippen LogP contribution >= 0.6 is 12.6 Å². The van der Waals surface area contributed by atoms with Gasteiger partial charge in [-0.15, -0.1) is 0 Å². The third-order valence-electron chi connectivity index (χ3n) is 2.53. The van der Waals surface area contributed by atoms with Crippen molar-refractivity contribution in [2.45, 2.75) is 57.8 Å². The first-order chi connectivity index (χ1) is 8.06. The van der Waals surface area contributed by atoms with Crippen LogP contribution in [0.1, 0.15) is 57.8 Å². The van der Waals surface area contributed by atoms with Crippen molar-refractivity contribution < 1.29 is 46.7 Å². The van der Waals surface area contributed by atoms with Crippen LogP contribution in [0.25, 0.3) is 0 Å². The Labute approximate surface area is 139 Å². The Bertz CT molecular complexity index is 258. The smallest absolute Gasteiger partial charge is 0.726 e. The van der Waals surface area contributed by atoms with Gasteiger partial charge in [-0.25, -0.2) is 8.42 Å². The van der Waals surface area contributed by atoms with E-state index in [9.17, 15) is 13.0 Å². The standard InChI is InChI=1S/C11H24O4S2.Na/c12-17(13,14)15-10-8-6-4-2-1-3-5-7-9-11-16;/h16H,1-11H2,(H,12,13,14);/q;+1/p-1. The van der Waals surface area contributed by atoms with E-state index < -0.39 is 10.4 Å². The molecule has 0 aliphatic carbocycles. The van der Waals surface area contributed by atoms with Crippen molar-refractivity contribution in [3.05, 3.63) is 0 Å². The maximum Gasteiger partial charge on any atom is 1.00 e. The summed E-state index contributed by atoms with van der Waals surface area (Å²) in [5.41, 5.74) is 0. The van der Waals surface area contributed by atoms with E-state index in [4.69, 9.17) is 0 Å². The summed E-state index contributed by atoms with van der Waals surface area (Å²) in [6.07, 6.45) is 10.0. The Balaban J connectivity index is 0. The molecule has 0 saturated heterocycles. The number of rotatable bonds is 12. The normalized spacial score (nSPS) is 11.2. The van der Waals surface area contributed by atoms with Crippen LogP contribution in [0.5, 0.6) is 0 Å². The first-order valence-electron chi connectivity index (χ1n) is 6.27. The minimum atomic E-state index is -4.49. The van der Waals surface area contributed by atoms with E-state index in [1.807, 2.05) is 0 Å². The van der Waals surface area contributed by atoms with Crippen LogP contribution in [-0.2, 0) is 14.6 Å². The van der Waals surface area contributed by atoms with E-state index in [-0.39, 0.29) is 36.2 Å². The van der Waals surface area contributed by atoms with Gasteiger partial charge in [-0.05, 0) is 18.6 Å². The minimum Gasteiger partial charge on any atom is -0.726 e.